The molecule has 0 bridgehead atoms. The molecule has 60 valence electrons. The molecule has 0 aliphatic carbocycles. The summed E-state index contributed by atoms with van der Waals surface area (Å²) in [6.45, 7) is 0.353. The Morgan fingerprint density at radius 1 is 1.90 bits per heavy atom. The number of hydrogen-bond donors (Lipinski definition) is 2. The Bertz CT molecular complexity index is 120. The van der Waals surface area contributed by atoms with E-state index in [-0.39, 0.29) is 0 Å². The summed E-state index contributed by atoms with van der Waals surface area (Å²) in [4.78, 5) is 10.3. The van der Waals surface area contributed by atoms with Crippen molar-refractivity contribution in [3.8, 4) is 0 Å². The van der Waals surface area contributed by atoms with Crippen molar-refractivity contribution in [2.45, 2.75) is 18.5 Å². The van der Waals surface area contributed by atoms with Gasteiger partial charge in [-0.05, 0) is 0 Å². The van der Waals surface area contributed by atoms with E-state index in [0.717, 1.165) is 0 Å². The van der Waals surface area contributed by atoms with Crippen LogP contribution in [-0.4, -0.2) is 29.3 Å². The van der Waals surface area contributed by atoms with E-state index in [1.165, 1.54) is 6.92 Å². The highest BCUT2D eigenvalue weighted by molar-refractivity contribution is 6.20. The second kappa shape index (κ2) is 4.46. The molecule has 0 rings (SSSR count). The van der Waals surface area contributed by atoms with Crippen LogP contribution in [0.1, 0.15) is 6.92 Å². The van der Waals surface area contributed by atoms with Crippen molar-refractivity contribution in [1.29, 1.82) is 0 Å². The molecule has 2 N–H and O–H groups in total. The minimum atomic E-state index is -1.37. The van der Waals surface area contributed by atoms with Crippen LogP contribution in [-0.2, 0) is 4.79 Å². The summed E-state index contributed by atoms with van der Waals surface area (Å²) in [6.07, 6.45) is 0. The Labute approximate surface area is 63.2 Å². The van der Waals surface area contributed by atoms with Crippen LogP contribution in [0.4, 0.5) is 4.39 Å². The number of carbonyl (C=O) groups is 1. The van der Waals surface area contributed by atoms with Crippen LogP contribution in [0.15, 0.2) is 0 Å². The van der Waals surface area contributed by atoms with Crippen LogP contribution in [0.5, 0.6) is 0 Å². The summed E-state index contributed by atoms with van der Waals surface area (Å²) in [5, 5.41) is 10.7. The number of alkyl halides is 2. The Balaban J connectivity index is 3.71. The SMILES string of the molecule is CC(=O)NC(CF)C(O)Cl. The highest BCUT2D eigenvalue weighted by atomic mass is 35.5. The third kappa shape index (κ3) is 3.63. The molecule has 0 aromatic carbocycles. The lowest BCUT2D eigenvalue weighted by Crippen LogP contribution is -2.41. The maximum absolute atomic E-state index is 11.8. The first-order valence-electron chi connectivity index (χ1n) is 2.73. The van der Waals surface area contributed by atoms with E-state index in [2.05, 4.69) is 5.32 Å². The van der Waals surface area contributed by atoms with Crippen molar-refractivity contribution < 1.29 is 14.3 Å². The van der Waals surface area contributed by atoms with E-state index in [1.54, 1.807) is 0 Å². The molecule has 0 aliphatic rings. The second-order valence-electron chi connectivity index (χ2n) is 1.83. The van der Waals surface area contributed by atoms with Gasteiger partial charge in [0.25, 0.3) is 0 Å². The highest BCUT2D eigenvalue weighted by Gasteiger charge is 2.16. The Hall–Kier alpha value is -0.350. The first kappa shape index (κ1) is 9.65. The number of carbonyl (C=O) groups excluding carboxylic acids is 1. The molecule has 3 nitrogen and oxygen atoms in total. The Morgan fingerprint density at radius 3 is 2.50 bits per heavy atom. The van der Waals surface area contributed by atoms with Crippen LogP contribution in [0.25, 0.3) is 0 Å². The predicted octanol–water partition coefficient (Wildman–Crippen LogP) is 0.0178. The molecule has 0 aromatic heterocycles. The molecule has 10 heavy (non-hydrogen) atoms. The molecule has 0 saturated heterocycles. The fourth-order valence-electron chi connectivity index (χ4n) is 0.442. The van der Waals surface area contributed by atoms with Crippen molar-refractivity contribution in [3.63, 3.8) is 0 Å². The maximum atomic E-state index is 11.8. The quantitative estimate of drug-likeness (QED) is 0.586. The van der Waals surface area contributed by atoms with Crippen molar-refractivity contribution in [1.82, 2.24) is 5.32 Å². The van der Waals surface area contributed by atoms with Crippen LogP contribution in [0, 0.1) is 0 Å². The van der Waals surface area contributed by atoms with Gasteiger partial charge >= 0.3 is 0 Å². The molecule has 0 radical (unpaired) electrons. The molecule has 0 heterocycles. The topological polar surface area (TPSA) is 49.3 Å². The van der Waals surface area contributed by atoms with Gasteiger partial charge in [-0.3, -0.25) is 4.79 Å². The standard InChI is InChI=1S/C5H9ClFNO2/c1-3(9)8-4(2-7)5(6)10/h4-5,10H,2H2,1H3,(H,8,9). The summed E-state index contributed by atoms with van der Waals surface area (Å²) in [5.41, 5.74) is -1.37. The largest absolute Gasteiger partial charge is 0.375 e. The number of rotatable bonds is 3. The van der Waals surface area contributed by atoms with Gasteiger partial charge in [-0.15, -0.1) is 0 Å². The van der Waals surface area contributed by atoms with Gasteiger partial charge in [-0.2, -0.15) is 0 Å². The minimum Gasteiger partial charge on any atom is -0.375 e. The lowest BCUT2D eigenvalue weighted by molar-refractivity contribution is -0.120. The number of amides is 1. The average Bonchev–Trinajstić information content (AvgIpc) is 1.81. The van der Waals surface area contributed by atoms with E-state index in [9.17, 15) is 9.18 Å². The zero-order valence-electron chi connectivity index (χ0n) is 5.47. The lowest BCUT2D eigenvalue weighted by atomic mass is 10.3. The van der Waals surface area contributed by atoms with Gasteiger partial charge in [0.2, 0.25) is 5.91 Å². The molecule has 1 amide bonds. The summed E-state index contributed by atoms with van der Waals surface area (Å²) in [7, 11) is 0. The van der Waals surface area contributed by atoms with Crippen molar-refractivity contribution in [2.75, 3.05) is 6.67 Å². The first-order chi connectivity index (χ1) is 4.57. The predicted molar refractivity (Wildman–Crippen MR) is 35.4 cm³/mol. The molecule has 0 spiro atoms. The molecule has 0 aliphatic heterocycles. The van der Waals surface area contributed by atoms with Gasteiger partial charge in [0.15, 0.2) is 5.56 Å². The zero-order chi connectivity index (χ0) is 8.15. The van der Waals surface area contributed by atoms with Crippen molar-refractivity contribution in [2.24, 2.45) is 0 Å². The van der Waals surface area contributed by atoms with E-state index in [1.807, 2.05) is 0 Å². The van der Waals surface area contributed by atoms with Crippen LogP contribution in [0.2, 0.25) is 0 Å². The number of hydrogen-bond acceptors (Lipinski definition) is 2. The number of halogens is 2. The van der Waals surface area contributed by atoms with Crippen molar-refractivity contribution in [3.05, 3.63) is 0 Å². The van der Waals surface area contributed by atoms with Gasteiger partial charge in [-0.1, -0.05) is 11.6 Å². The van der Waals surface area contributed by atoms with Gasteiger partial charge in [0.05, 0.1) is 6.04 Å². The average molecular weight is 170 g/mol. The number of aliphatic hydroxyl groups excluding tert-OH is 1. The molecule has 2 atom stereocenters. The summed E-state index contributed by atoms with van der Waals surface area (Å²) >= 11 is 5.09. The van der Waals surface area contributed by atoms with E-state index < -0.39 is 24.2 Å². The van der Waals surface area contributed by atoms with Crippen LogP contribution < -0.4 is 5.32 Å². The number of aliphatic hydroxyl groups is 1. The molecule has 0 saturated carbocycles. The molecular formula is C5H9ClFNO2. The molecule has 0 fully saturated rings. The third-order valence-corrected chi connectivity index (χ3v) is 1.19. The Morgan fingerprint density at radius 2 is 2.40 bits per heavy atom. The van der Waals surface area contributed by atoms with Gasteiger partial charge < -0.3 is 10.4 Å². The van der Waals surface area contributed by atoms with E-state index in [4.69, 9.17) is 16.7 Å². The van der Waals surface area contributed by atoms with Gasteiger partial charge in [0.1, 0.15) is 6.67 Å². The fourth-order valence-corrected chi connectivity index (χ4v) is 0.572. The molecular weight excluding hydrogens is 161 g/mol. The smallest absolute Gasteiger partial charge is 0.217 e. The van der Waals surface area contributed by atoms with Gasteiger partial charge in [0, 0.05) is 6.92 Å². The van der Waals surface area contributed by atoms with Crippen LogP contribution in [0.3, 0.4) is 0 Å². The van der Waals surface area contributed by atoms with Crippen molar-refractivity contribution >= 4 is 17.5 Å². The van der Waals surface area contributed by atoms with Crippen LogP contribution >= 0.6 is 11.6 Å². The molecule has 2 unspecified atom stereocenters. The summed E-state index contributed by atoms with van der Waals surface area (Å²) in [5.74, 6) is -0.414. The number of nitrogens with one attached hydrogen (secondary N) is 1. The third-order valence-electron chi connectivity index (χ3n) is 0.887. The summed E-state index contributed by atoms with van der Waals surface area (Å²) < 4.78 is 11.8. The highest BCUT2D eigenvalue weighted by Crippen LogP contribution is 1.98. The monoisotopic (exact) mass is 169 g/mol. The molecule has 0 aromatic rings. The van der Waals surface area contributed by atoms with E-state index >= 15 is 0 Å². The second-order valence-corrected chi connectivity index (χ2v) is 2.28. The van der Waals surface area contributed by atoms with Gasteiger partial charge in [-0.25, -0.2) is 4.39 Å². The first-order valence-corrected chi connectivity index (χ1v) is 3.16. The Kier molecular flexibility index (Phi) is 4.31. The molecule has 5 heteroatoms. The maximum Gasteiger partial charge on any atom is 0.217 e. The normalized spacial score (nSPS) is 16.0. The lowest BCUT2D eigenvalue weighted by Gasteiger charge is -2.14. The summed E-state index contributed by atoms with van der Waals surface area (Å²) in [6, 6.07) is -1.00. The van der Waals surface area contributed by atoms with E-state index in [0.29, 0.717) is 0 Å². The minimum absolute atomic E-state index is 0.414. The fraction of sp³-hybridized carbons (Fsp3) is 0.800. The zero-order valence-corrected chi connectivity index (χ0v) is 6.23.